The van der Waals surface area contributed by atoms with Gasteiger partial charge >= 0.3 is 0 Å². The zero-order valence-electron chi connectivity index (χ0n) is 10.00. The summed E-state index contributed by atoms with van der Waals surface area (Å²) in [6, 6.07) is -0.149. The van der Waals surface area contributed by atoms with Gasteiger partial charge in [-0.1, -0.05) is 12.5 Å². The zero-order chi connectivity index (χ0) is 11.6. The van der Waals surface area contributed by atoms with Crippen molar-refractivity contribution in [2.75, 3.05) is 13.2 Å². The molecular weight excluding hydrogens is 202 g/mol. The molecule has 2 rings (SSSR count). The number of hydrogen-bond donors (Lipinski definition) is 1. The molecule has 2 atom stereocenters. The van der Waals surface area contributed by atoms with Crippen LogP contribution < -0.4 is 5.73 Å². The van der Waals surface area contributed by atoms with Crippen LogP contribution in [0.3, 0.4) is 0 Å². The molecule has 0 aromatic rings. The van der Waals surface area contributed by atoms with E-state index in [0.717, 1.165) is 24.8 Å². The second-order valence-electron chi connectivity index (χ2n) is 5.20. The van der Waals surface area contributed by atoms with Crippen LogP contribution in [0.5, 0.6) is 0 Å². The Morgan fingerprint density at radius 2 is 2.31 bits per heavy atom. The third-order valence-electron chi connectivity index (χ3n) is 3.87. The van der Waals surface area contributed by atoms with E-state index in [4.69, 9.17) is 10.5 Å². The number of ether oxygens (including phenoxy) is 1. The fraction of sp³-hybridized carbons (Fsp3) is 0.769. The van der Waals surface area contributed by atoms with Gasteiger partial charge in [0.1, 0.15) is 0 Å². The Kier molecular flexibility index (Phi) is 3.45. The standard InChI is InChI=1S/C13H21NO2/c1-13(9-16-8-11(13)14)12(15)10-6-4-2-3-5-7-10/h6,11H,2-5,7-9,14H2,1H3. The molecule has 16 heavy (non-hydrogen) atoms. The van der Waals surface area contributed by atoms with Gasteiger partial charge < -0.3 is 10.5 Å². The van der Waals surface area contributed by atoms with Gasteiger partial charge in [0.25, 0.3) is 0 Å². The van der Waals surface area contributed by atoms with Crippen LogP contribution in [-0.2, 0) is 9.53 Å². The molecule has 0 saturated carbocycles. The molecule has 2 N–H and O–H groups in total. The van der Waals surface area contributed by atoms with E-state index in [2.05, 4.69) is 6.08 Å². The highest BCUT2D eigenvalue weighted by atomic mass is 16.5. The maximum absolute atomic E-state index is 12.5. The van der Waals surface area contributed by atoms with Crippen molar-refractivity contribution in [1.29, 1.82) is 0 Å². The third-order valence-corrected chi connectivity index (χ3v) is 3.87. The van der Waals surface area contributed by atoms with Gasteiger partial charge in [0.05, 0.1) is 18.6 Å². The fourth-order valence-electron chi connectivity index (χ4n) is 2.51. The third kappa shape index (κ3) is 2.06. The molecule has 2 aliphatic rings. The van der Waals surface area contributed by atoms with Crippen LogP contribution in [0.1, 0.15) is 39.0 Å². The number of carbonyl (C=O) groups excluding carboxylic acids is 1. The van der Waals surface area contributed by atoms with Crippen LogP contribution in [0.4, 0.5) is 0 Å². The minimum absolute atomic E-state index is 0.149. The molecule has 0 aromatic carbocycles. The lowest BCUT2D eigenvalue weighted by molar-refractivity contribution is -0.124. The summed E-state index contributed by atoms with van der Waals surface area (Å²) in [7, 11) is 0. The number of hydrogen-bond acceptors (Lipinski definition) is 3. The number of allylic oxidation sites excluding steroid dienone is 2. The predicted octanol–water partition coefficient (Wildman–Crippen LogP) is 1.81. The van der Waals surface area contributed by atoms with Crippen LogP contribution >= 0.6 is 0 Å². The fourth-order valence-corrected chi connectivity index (χ4v) is 2.51. The maximum atomic E-state index is 12.5. The van der Waals surface area contributed by atoms with E-state index in [9.17, 15) is 4.79 Å². The van der Waals surface area contributed by atoms with Gasteiger partial charge in [0, 0.05) is 6.04 Å². The highest BCUT2D eigenvalue weighted by Crippen LogP contribution is 2.33. The number of carbonyl (C=O) groups is 1. The van der Waals surface area contributed by atoms with Crippen molar-refractivity contribution in [3.8, 4) is 0 Å². The van der Waals surface area contributed by atoms with Crippen molar-refractivity contribution in [2.45, 2.75) is 45.1 Å². The van der Waals surface area contributed by atoms with Gasteiger partial charge in [-0.05, 0) is 38.2 Å². The first-order valence-corrected chi connectivity index (χ1v) is 6.22. The molecule has 0 spiro atoms. The van der Waals surface area contributed by atoms with Crippen molar-refractivity contribution in [2.24, 2.45) is 11.1 Å². The summed E-state index contributed by atoms with van der Waals surface area (Å²) in [6.07, 6.45) is 7.63. The first kappa shape index (κ1) is 11.8. The molecule has 0 amide bonds. The molecule has 0 radical (unpaired) electrons. The van der Waals surface area contributed by atoms with Crippen LogP contribution in [0.2, 0.25) is 0 Å². The summed E-state index contributed by atoms with van der Waals surface area (Å²) < 4.78 is 5.34. The van der Waals surface area contributed by atoms with Gasteiger partial charge in [-0.3, -0.25) is 4.79 Å². The van der Waals surface area contributed by atoms with E-state index in [1.54, 1.807) is 0 Å². The molecule has 90 valence electrons. The smallest absolute Gasteiger partial charge is 0.168 e. The minimum atomic E-state index is -0.490. The largest absolute Gasteiger partial charge is 0.379 e. The lowest BCUT2D eigenvalue weighted by Gasteiger charge is -2.26. The molecule has 1 aliphatic carbocycles. The van der Waals surface area contributed by atoms with Gasteiger partial charge in [-0.2, -0.15) is 0 Å². The van der Waals surface area contributed by atoms with Crippen molar-refractivity contribution in [3.63, 3.8) is 0 Å². The first-order valence-electron chi connectivity index (χ1n) is 6.22. The molecule has 2 unspecified atom stereocenters. The Hall–Kier alpha value is -0.670. The summed E-state index contributed by atoms with van der Waals surface area (Å²) in [5.74, 6) is 0.222. The van der Waals surface area contributed by atoms with Crippen LogP contribution in [0.25, 0.3) is 0 Å². The second-order valence-corrected chi connectivity index (χ2v) is 5.20. The highest BCUT2D eigenvalue weighted by molar-refractivity contribution is 6.00. The summed E-state index contributed by atoms with van der Waals surface area (Å²) in [6.45, 7) is 2.93. The minimum Gasteiger partial charge on any atom is -0.379 e. The normalized spacial score (nSPS) is 35.6. The average Bonchev–Trinajstić information content (AvgIpc) is 2.53. The summed E-state index contributed by atoms with van der Waals surface area (Å²) >= 11 is 0. The lowest BCUT2D eigenvalue weighted by Crippen LogP contribution is -2.45. The monoisotopic (exact) mass is 223 g/mol. The highest BCUT2D eigenvalue weighted by Gasteiger charge is 2.44. The average molecular weight is 223 g/mol. The Morgan fingerprint density at radius 1 is 1.50 bits per heavy atom. The van der Waals surface area contributed by atoms with Gasteiger partial charge in [-0.25, -0.2) is 0 Å². The van der Waals surface area contributed by atoms with E-state index in [1.165, 1.54) is 12.8 Å². The van der Waals surface area contributed by atoms with E-state index >= 15 is 0 Å². The maximum Gasteiger partial charge on any atom is 0.168 e. The molecule has 0 bridgehead atoms. The Labute approximate surface area is 97.0 Å². The van der Waals surface area contributed by atoms with Crippen molar-refractivity contribution >= 4 is 5.78 Å². The Morgan fingerprint density at radius 3 is 3.00 bits per heavy atom. The van der Waals surface area contributed by atoms with Gasteiger partial charge in [0.15, 0.2) is 5.78 Å². The van der Waals surface area contributed by atoms with E-state index < -0.39 is 5.41 Å². The van der Waals surface area contributed by atoms with Crippen molar-refractivity contribution in [1.82, 2.24) is 0 Å². The number of rotatable bonds is 2. The Bertz CT molecular complexity index is 311. The van der Waals surface area contributed by atoms with E-state index in [-0.39, 0.29) is 11.8 Å². The zero-order valence-corrected chi connectivity index (χ0v) is 10.00. The molecule has 3 heteroatoms. The number of nitrogens with two attached hydrogens (primary N) is 1. The molecule has 3 nitrogen and oxygen atoms in total. The second kappa shape index (κ2) is 4.68. The summed E-state index contributed by atoms with van der Waals surface area (Å²) in [5.41, 5.74) is 6.48. The summed E-state index contributed by atoms with van der Waals surface area (Å²) in [4.78, 5) is 12.5. The van der Waals surface area contributed by atoms with E-state index in [1.807, 2.05) is 6.92 Å². The quantitative estimate of drug-likeness (QED) is 0.776. The molecule has 1 fully saturated rings. The lowest BCUT2D eigenvalue weighted by atomic mass is 9.77. The number of Topliss-reactive ketones (excluding diaryl/α,β-unsaturated/α-hetero) is 1. The molecule has 0 aromatic heterocycles. The van der Waals surface area contributed by atoms with Crippen molar-refractivity contribution in [3.05, 3.63) is 11.6 Å². The molecular formula is C13H21NO2. The van der Waals surface area contributed by atoms with Crippen molar-refractivity contribution < 1.29 is 9.53 Å². The van der Waals surface area contributed by atoms with Crippen LogP contribution in [0.15, 0.2) is 11.6 Å². The van der Waals surface area contributed by atoms with Gasteiger partial charge in [0.2, 0.25) is 0 Å². The van der Waals surface area contributed by atoms with Crippen LogP contribution in [0, 0.1) is 5.41 Å². The summed E-state index contributed by atoms with van der Waals surface area (Å²) in [5, 5.41) is 0. The van der Waals surface area contributed by atoms with E-state index in [0.29, 0.717) is 13.2 Å². The first-order chi connectivity index (χ1) is 7.64. The number of ketones is 1. The van der Waals surface area contributed by atoms with Gasteiger partial charge in [-0.15, -0.1) is 0 Å². The molecule has 1 saturated heterocycles. The topological polar surface area (TPSA) is 52.3 Å². The predicted molar refractivity (Wildman–Crippen MR) is 63.1 cm³/mol. The SMILES string of the molecule is CC1(C(=O)C2=CCCCCC2)COCC1N. The molecule has 1 heterocycles. The Balaban J connectivity index is 2.14. The van der Waals surface area contributed by atoms with Crippen LogP contribution in [-0.4, -0.2) is 25.0 Å². The molecule has 1 aliphatic heterocycles.